The van der Waals surface area contributed by atoms with Gasteiger partial charge in [0.2, 0.25) is 0 Å². The van der Waals surface area contributed by atoms with Crippen LogP contribution in [-0.2, 0) is 9.59 Å². The highest BCUT2D eigenvalue weighted by atomic mass is 16.6. The number of nitro benzene ring substituents is 1. The highest BCUT2D eigenvalue weighted by Crippen LogP contribution is 2.17. The molecule has 0 spiro atoms. The van der Waals surface area contributed by atoms with Crippen LogP contribution in [0.25, 0.3) is 0 Å². The molecular formula is C18H18N4O4. The Kier molecular flexibility index (Phi) is 5.12. The van der Waals surface area contributed by atoms with Gasteiger partial charge in [-0.3, -0.25) is 19.7 Å². The van der Waals surface area contributed by atoms with E-state index >= 15 is 0 Å². The number of anilines is 2. The van der Waals surface area contributed by atoms with Crippen molar-refractivity contribution in [1.29, 1.82) is 0 Å². The average molecular weight is 354 g/mol. The van der Waals surface area contributed by atoms with Gasteiger partial charge in [0.15, 0.2) is 0 Å². The Hall–Kier alpha value is -3.42. The molecule has 0 saturated carbocycles. The van der Waals surface area contributed by atoms with E-state index < -0.39 is 16.7 Å². The molecule has 1 saturated heterocycles. The van der Waals surface area contributed by atoms with Crippen LogP contribution in [0.4, 0.5) is 17.1 Å². The Bertz CT molecular complexity index is 800. The fourth-order valence-corrected chi connectivity index (χ4v) is 2.80. The number of nitro groups is 1. The monoisotopic (exact) mass is 354 g/mol. The molecule has 2 amide bonds. The van der Waals surface area contributed by atoms with Crippen molar-refractivity contribution in [2.45, 2.75) is 0 Å². The Morgan fingerprint density at radius 1 is 0.923 bits per heavy atom. The molecule has 2 aromatic rings. The molecule has 0 unspecified atom stereocenters. The second-order valence-corrected chi connectivity index (χ2v) is 5.87. The molecule has 0 atom stereocenters. The standard InChI is InChI=1S/C18H18N4O4/c23-17(19-14-6-8-16(9-7-14)22(25)26)18(24)21-12-10-20(11-13-21)15-4-2-1-3-5-15/h1-9H,10-13H2,(H,19,23). The van der Waals surface area contributed by atoms with Gasteiger partial charge in [0.05, 0.1) is 4.92 Å². The van der Waals surface area contributed by atoms with E-state index in [1.807, 2.05) is 30.3 Å². The van der Waals surface area contributed by atoms with E-state index in [-0.39, 0.29) is 5.69 Å². The number of para-hydroxylation sites is 1. The summed E-state index contributed by atoms with van der Waals surface area (Å²) in [6, 6.07) is 15.3. The van der Waals surface area contributed by atoms with Gasteiger partial charge >= 0.3 is 11.8 Å². The molecule has 1 heterocycles. The van der Waals surface area contributed by atoms with Crippen molar-refractivity contribution in [2.75, 3.05) is 36.4 Å². The van der Waals surface area contributed by atoms with Crippen LogP contribution in [0.5, 0.6) is 0 Å². The van der Waals surface area contributed by atoms with Gasteiger partial charge in [0, 0.05) is 49.7 Å². The third kappa shape index (κ3) is 3.97. The second kappa shape index (κ2) is 7.64. The number of nitrogens with one attached hydrogen (secondary N) is 1. The molecule has 134 valence electrons. The molecule has 1 aliphatic rings. The molecule has 2 aromatic carbocycles. The maximum absolute atomic E-state index is 12.3. The normalized spacial score (nSPS) is 14.0. The van der Waals surface area contributed by atoms with Crippen LogP contribution in [0.2, 0.25) is 0 Å². The van der Waals surface area contributed by atoms with E-state index in [9.17, 15) is 19.7 Å². The molecule has 1 aliphatic heterocycles. The van der Waals surface area contributed by atoms with Gasteiger partial charge in [-0.05, 0) is 24.3 Å². The number of benzene rings is 2. The summed E-state index contributed by atoms with van der Waals surface area (Å²) >= 11 is 0. The number of hydrogen-bond donors (Lipinski definition) is 1. The van der Waals surface area contributed by atoms with Gasteiger partial charge in [-0.1, -0.05) is 18.2 Å². The maximum Gasteiger partial charge on any atom is 0.313 e. The summed E-state index contributed by atoms with van der Waals surface area (Å²) in [6.07, 6.45) is 0. The van der Waals surface area contributed by atoms with Crippen molar-refractivity contribution in [3.8, 4) is 0 Å². The number of hydrogen-bond acceptors (Lipinski definition) is 5. The summed E-state index contributed by atoms with van der Waals surface area (Å²) in [5.74, 6) is -1.34. The predicted molar refractivity (Wildman–Crippen MR) is 97.0 cm³/mol. The SMILES string of the molecule is O=C(Nc1ccc([N+](=O)[O-])cc1)C(=O)N1CCN(c2ccccc2)CC1. The van der Waals surface area contributed by atoms with Crippen molar-refractivity contribution >= 4 is 28.9 Å². The summed E-state index contributed by atoms with van der Waals surface area (Å²) in [7, 11) is 0. The van der Waals surface area contributed by atoms with Gasteiger partial charge in [0.25, 0.3) is 5.69 Å². The first-order valence-corrected chi connectivity index (χ1v) is 8.19. The van der Waals surface area contributed by atoms with Crippen molar-refractivity contribution in [3.05, 3.63) is 64.7 Å². The second-order valence-electron chi connectivity index (χ2n) is 5.87. The van der Waals surface area contributed by atoms with Crippen molar-refractivity contribution in [3.63, 3.8) is 0 Å². The molecule has 1 fully saturated rings. The molecule has 0 aromatic heterocycles. The topological polar surface area (TPSA) is 95.8 Å². The van der Waals surface area contributed by atoms with Gasteiger partial charge in [-0.2, -0.15) is 0 Å². The van der Waals surface area contributed by atoms with E-state index in [1.54, 1.807) is 0 Å². The smallest absolute Gasteiger partial charge is 0.313 e. The first-order chi connectivity index (χ1) is 12.5. The molecule has 0 bridgehead atoms. The minimum absolute atomic E-state index is 0.0774. The summed E-state index contributed by atoms with van der Waals surface area (Å²) in [5, 5.41) is 13.1. The summed E-state index contributed by atoms with van der Waals surface area (Å²) in [5.41, 5.74) is 1.36. The molecule has 0 aliphatic carbocycles. The molecular weight excluding hydrogens is 336 g/mol. The van der Waals surface area contributed by atoms with Gasteiger partial charge in [-0.25, -0.2) is 0 Å². The first-order valence-electron chi connectivity index (χ1n) is 8.19. The van der Waals surface area contributed by atoms with E-state index in [0.717, 1.165) is 5.69 Å². The lowest BCUT2D eigenvalue weighted by Crippen LogP contribution is -2.51. The van der Waals surface area contributed by atoms with Crippen LogP contribution >= 0.6 is 0 Å². The van der Waals surface area contributed by atoms with Crippen molar-refractivity contribution in [2.24, 2.45) is 0 Å². The fourth-order valence-electron chi connectivity index (χ4n) is 2.80. The van der Waals surface area contributed by atoms with E-state index in [2.05, 4.69) is 10.2 Å². The number of rotatable bonds is 3. The lowest BCUT2D eigenvalue weighted by Gasteiger charge is -2.35. The predicted octanol–water partition coefficient (Wildman–Crippen LogP) is 1.88. The van der Waals surface area contributed by atoms with Crippen LogP contribution in [-0.4, -0.2) is 47.8 Å². The summed E-state index contributed by atoms with van der Waals surface area (Å²) < 4.78 is 0. The summed E-state index contributed by atoms with van der Waals surface area (Å²) in [6.45, 7) is 2.23. The largest absolute Gasteiger partial charge is 0.368 e. The van der Waals surface area contributed by atoms with Crippen LogP contribution in [0.1, 0.15) is 0 Å². The van der Waals surface area contributed by atoms with Gasteiger partial charge in [0.1, 0.15) is 0 Å². The van der Waals surface area contributed by atoms with Crippen LogP contribution < -0.4 is 10.2 Å². The quantitative estimate of drug-likeness (QED) is 0.516. The Balaban J connectivity index is 1.54. The fraction of sp³-hybridized carbons (Fsp3) is 0.222. The van der Waals surface area contributed by atoms with E-state index in [4.69, 9.17) is 0 Å². The highest BCUT2D eigenvalue weighted by molar-refractivity contribution is 6.39. The molecule has 1 N–H and O–H groups in total. The Morgan fingerprint density at radius 3 is 2.12 bits per heavy atom. The molecule has 3 rings (SSSR count). The molecule has 8 heteroatoms. The number of nitrogens with zero attached hydrogens (tertiary/aromatic N) is 3. The highest BCUT2D eigenvalue weighted by Gasteiger charge is 2.26. The minimum atomic E-state index is -0.744. The minimum Gasteiger partial charge on any atom is -0.368 e. The molecule has 0 radical (unpaired) electrons. The van der Waals surface area contributed by atoms with Crippen molar-refractivity contribution in [1.82, 2.24) is 4.90 Å². The zero-order valence-electron chi connectivity index (χ0n) is 14.0. The van der Waals surface area contributed by atoms with E-state index in [1.165, 1.54) is 29.2 Å². The number of non-ortho nitro benzene ring substituents is 1. The lowest BCUT2D eigenvalue weighted by atomic mass is 10.2. The third-order valence-corrected chi connectivity index (χ3v) is 4.22. The zero-order chi connectivity index (χ0) is 18.5. The lowest BCUT2D eigenvalue weighted by molar-refractivity contribution is -0.384. The van der Waals surface area contributed by atoms with Crippen LogP contribution in [0.15, 0.2) is 54.6 Å². The molecule has 8 nitrogen and oxygen atoms in total. The summed E-state index contributed by atoms with van der Waals surface area (Å²) in [4.78, 5) is 38.2. The zero-order valence-corrected chi connectivity index (χ0v) is 14.0. The Labute approximate surface area is 150 Å². The van der Waals surface area contributed by atoms with Crippen LogP contribution in [0.3, 0.4) is 0 Å². The van der Waals surface area contributed by atoms with Gasteiger partial charge < -0.3 is 15.1 Å². The number of carbonyl (C=O) groups excluding carboxylic acids is 2. The van der Waals surface area contributed by atoms with E-state index in [0.29, 0.717) is 31.9 Å². The number of carbonyl (C=O) groups is 2. The first kappa shape index (κ1) is 17.4. The Morgan fingerprint density at radius 2 is 1.54 bits per heavy atom. The third-order valence-electron chi connectivity index (χ3n) is 4.22. The number of piperazine rings is 1. The van der Waals surface area contributed by atoms with Crippen LogP contribution in [0, 0.1) is 10.1 Å². The maximum atomic E-state index is 12.3. The average Bonchev–Trinajstić information content (AvgIpc) is 2.68. The van der Waals surface area contributed by atoms with Gasteiger partial charge in [-0.15, -0.1) is 0 Å². The molecule has 26 heavy (non-hydrogen) atoms. The number of amides is 2. The van der Waals surface area contributed by atoms with Crippen molar-refractivity contribution < 1.29 is 14.5 Å².